The summed E-state index contributed by atoms with van der Waals surface area (Å²) in [7, 11) is 0. The molecule has 8 aliphatic carbocycles. The van der Waals surface area contributed by atoms with Crippen LogP contribution in [0.1, 0.15) is 202 Å². The standard InChI is InChI=1S/C50H70O8/c1-43(2)27-13-17-47(43,9)35(21-27)55-39(51)31-25-33(41(53)57-37-23-29-15-19-49(37,11)45(29,5)6)34(42(54)58-38-24-30-16-20-50(38,12)46(30,7)8)26-32(31)40(52)56-36-22-28-14-18-48(36,10)44(28,3)4/h25-30,35-38H,13-24H2,1-12H3/t27-,28-,29-,30-,35+,36+,37+,38+,47-,48-,49-,50-/m0/s1. The van der Waals surface area contributed by atoms with Crippen molar-refractivity contribution < 1.29 is 38.1 Å². The van der Waals surface area contributed by atoms with Crippen molar-refractivity contribution in [2.45, 2.75) is 185 Å². The minimum Gasteiger partial charge on any atom is -0.458 e. The van der Waals surface area contributed by atoms with Gasteiger partial charge in [-0.2, -0.15) is 0 Å². The fraction of sp³-hybridized carbons (Fsp3) is 0.800. The van der Waals surface area contributed by atoms with E-state index in [9.17, 15) is 19.2 Å². The van der Waals surface area contributed by atoms with Gasteiger partial charge >= 0.3 is 23.9 Å². The largest absolute Gasteiger partial charge is 0.458 e. The van der Waals surface area contributed by atoms with E-state index in [2.05, 4.69) is 83.1 Å². The topological polar surface area (TPSA) is 105 Å². The number of rotatable bonds is 8. The zero-order chi connectivity index (χ0) is 42.0. The molecular weight excluding hydrogens is 729 g/mol. The first-order chi connectivity index (χ1) is 26.8. The van der Waals surface area contributed by atoms with Gasteiger partial charge in [0.05, 0.1) is 22.3 Å². The molecule has 8 fully saturated rings. The molecule has 8 saturated carbocycles. The van der Waals surface area contributed by atoms with Crippen LogP contribution in [0.25, 0.3) is 0 Å². The zero-order valence-electron chi connectivity index (χ0n) is 37.5. The van der Waals surface area contributed by atoms with Gasteiger partial charge in [-0.3, -0.25) is 0 Å². The Balaban J connectivity index is 1.11. The number of hydrogen-bond donors (Lipinski definition) is 0. The van der Waals surface area contributed by atoms with Crippen molar-refractivity contribution >= 4 is 23.9 Å². The summed E-state index contributed by atoms with van der Waals surface area (Å²) in [6.45, 7) is 27.0. The summed E-state index contributed by atoms with van der Waals surface area (Å²) in [4.78, 5) is 58.8. The molecule has 318 valence electrons. The van der Waals surface area contributed by atoms with Crippen molar-refractivity contribution in [1.82, 2.24) is 0 Å². The maximum atomic E-state index is 14.7. The third-order valence-electron chi connectivity index (χ3n) is 21.9. The van der Waals surface area contributed by atoms with Crippen LogP contribution < -0.4 is 0 Å². The Morgan fingerprint density at radius 1 is 0.379 bits per heavy atom. The molecule has 0 radical (unpaired) electrons. The van der Waals surface area contributed by atoms with Crippen molar-refractivity contribution in [1.29, 1.82) is 0 Å². The molecular formula is C50H70O8. The Kier molecular flexibility index (Phi) is 8.63. The molecule has 0 heterocycles. The molecule has 0 unspecified atom stereocenters. The molecule has 0 N–H and O–H groups in total. The van der Waals surface area contributed by atoms with E-state index in [-0.39, 0.29) is 90.0 Å². The van der Waals surface area contributed by atoms with Crippen LogP contribution in [0.3, 0.4) is 0 Å². The van der Waals surface area contributed by atoms with E-state index in [0.717, 1.165) is 77.0 Å². The maximum Gasteiger partial charge on any atom is 0.339 e. The molecule has 1 aromatic rings. The van der Waals surface area contributed by atoms with Crippen LogP contribution in [0.15, 0.2) is 12.1 Å². The van der Waals surface area contributed by atoms with E-state index in [1.165, 1.54) is 12.1 Å². The van der Waals surface area contributed by atoms with Crippen molar-refractivity contribution in [3.05, 3.63) is 34.4 Å². The summed E-state index contributed by atoms with van der Waals surface area (Å²) in [5.41, 5.74) is -1.18. The first kappa shape index (κ1) is 40.5. The minimum atomic E-state index is -0.676. The number of ether oxygens (including phenoxy) is 4. The Hall–Kier alpha value is -2.90. The second kappa shape index (κ2) is 12.4. The van der Waals surface area contributed by atoms with E-state index in [4.69, 9.17) is 18.9 Å². The molecule has 8 aliphatic rings. The molecule has 0 saturated heterocycles. The number of carbonyl (C=O) groups excluding carboxylic acids is 4. The monoisotopic (exact) mass is 799 g/mol. The number of fused-ring (bicyclic) bond motifs is 8. The highest BCUT2D eigenvalue weighted by molar-refractivity contribution is 6.10. The van der Waals surface area contributed by atoms with E-state index in [1.807, 2.05) is 0 Å². The summed E-state index contributed by atoms with van der Waals surface area (Å²) in [5.74, 6) is -1.00. The number of benzene rings is 1. The second-order valence-electron chi connectivity index (χ2n) is 24.0. The molecule has 0 amide bonds. The van der Waals surface area contributed by atoms with Crippen LogP contribution in [0.2, 0.25) is 0 Å². The lowest BCUT2D eigenvalue weighted by Crippen LogP contribution is -2.40. The average Bonchev–Trinajstić information content (AvgIpc) is 3.89. The fourth-order valence-electron chi connectivity index (χ4n) is 15.3. The van der Waals surface area contributed by atoms with Gasteiger partial charge in [0.2, 0.25) is 0 Å². The smallest absolute Gasteiger partial charge is 0.339 e. The highest BCUT2D eigenvalue weighted by Gasteiger charge is 2.66. The van der Waals surface area contributed by atoms with E-state index in [0.29, 0.717) is 23.7 Å². The van der Waals surface area contributed by atoms with E-state index < -0.39 is 23.9 Å². The molecule has 9 rings (SSSR count). The van der Waals surface area contributed by atoms with Gasteiger partial charge in [-0.05, 0) is 135 Å². The Morgan fingerprint density at radius 2 is 0.569 bits per heavy atom. The Morgan fingerprint density at radius 3 is 0.707 bits per heavy atom. The van der Waals surface area contributed by atoms with Gasteiger partial charge in [0.25, 0.3) is 0 Å². The highest BCUT2D eigenvalue weighted by atomic mass is 16.6. The van der Waals surface area contributed by atoms with Crippen molar-refractivity contribution in [2.75, 3.05) is 0 Å². The van der Waals surface area contributed by atoms with Crippen molar-refractivity contribution in [3.8, 4) is 0 Å². The van der Waals surface area contributed by atoms with E-state index >= 15 is 0 Å². The quantitative estimate of drug-likeness (QED) is 0.189. The van der Waals surface area contributed by atoms with E-state index in [1.54, 1.807) is 0 Å². The first-order valence-electron chi connectivity index (χ1n) is 22.9. The molecule has 1 aromatic carbocycles. The van der Waals surface area contributed by atoms with Gasteiger partial charge in [0.15, 0.2) is 0 Å². The third kappa shape index (κ3) is 5.04. The average molecular weight is 799 g/mol. The lowest BCUT2D eigenvalue weighted by atomic mass is 9.70. The molecule has 12 atom stereocenters. The molecule has 58 heavy (non-hydrogen) atoms. The van der Waals surface area contributed by atoms with Crippen LogP contribution in [-0.4, -0.2) is 48.3 Å². The molecule has 0 aromatic heterocycles. The van der Waals surface area contributed by atoms with Crippen LogP contribution in [0.4, 0.5) is 0 Å². The highest BCUT2D eigenvalue weighted by Crippen LogP contribution is 2.69. The van der Waals surface area contributed by atoms with Gasteiger partial charge in [0, 0.05) is 21.7 Å². The second-order valence-corrected chi connectivity index (χ2v) is 24.0. The predicted molar refractivity (Wildman–Crippen MR) is 220 cm³/mol. The van der Waals surface area contributed by atoms with Gasteiger partial charge < -0.3 is 18.9 Å². The minimum absolute atomic E-state index is 0.0121. The summed E-state index contributed by atoms with van der Waals surface area (Å²) in [6.07, 6.45) is 9.79. The fourth-order valence-corrected chi connectivity index (χ4v) is 15.3. The molecule has 8 nitrogen and oxygen atoms in total. The summed E-state index contributed by atoms with van der Waals surface area (Å²) >= 11 is 0. The van der Waals surface area contributed by atoms with Gasteiger partial charge in [-0.15, -0.1) is 0 Å². The lowest BCUT2D eigenvalue weighted by molar-refractivity contribution is -0.0286. The molecule has 0 spiro atoms. The lowest BCUT2D eigenvalue weighted by Gasteiger charge is -2.39. The molecule has 8 heteroatoms. The van der Waals surface area contributed by atoms with Crippen LogP contribution in [0.5, 0.6) is 0 Å². The number of esters is 4. The van der Waals surface area contributed by atoms with Gasteiger partial charge in [-0.25, -0.2) is 19.2 Å². The van der Waals surface area contributed by atoms with Crippen molar-refractivity contribution in [3.63, 3.8) is 0 Å². The Bertz CT molecular complexity index is 1700. The maximum absolute atomic E-state index is 14.7. The number of hydrogen-bond acceptors (Lipinski definition) is 8. The SMILES string of the molecule is CC1(C)[C@H]2CC[C@@]1(C)[C@H](OC(=O)c1cc(C(=O)O[C@@H]3C[C@@H]4CC[C@]3(C)C4(C)C)c(C(=O)O[C@@H]3C[C@@H]4CC[C@]3(C)C4(C)C)cc1C(=O)O[C@@H]1C[C@@H]3CC[C@]1(C)C3(C)C)C2. The van der Waals surface area contributed by atoms with Crippen LogP contribution >= 0.6 is 0 Å². The Labute approximate surface area is 347 Å². The van der Waals surface area contributed by atoms with Gasteiger partial charge in [-0.1, -0.05) is 83.1 Å². The normalized spacial score (nSPS) is 43.8. The predicted octanol–water partition coefficient (Wildman–Crippen LogP) is 11.2. The van der Waals surface area contributed by atoms with Gasteiger partial charge in [0.1, 0.15) is 24.4 Å². The van der Waals surface area contributed by atoms with Crippen LogP contribution in [-0.2, 0) is 18.9 Å². The summed E-state index contributed by atoms with van der Waals surface area (Å²) in [5, 5.41) is 0. The summed E-state index contributed by atoms with van der Waals surface area (Å²) in [6, 6.07) is 2.80. The summed E-state index contributed by atoms with van der Waals surface area (Å²) < 4.78 is 25.8. The number of carbonyl (C=O) groups is 4. The van der Waals surface area contributed by atoms with Crippen LogP contribution in [0, 0.1) is 67.0 Å². The first-order valence-corrected chi connectivity index (χ1v) is 22.9. The third-order valence-corrected chi connectivity index (χ3v) is 21.9. The molecule has 0 aliphatic heterocycles. The zero-order valence-corrected chi connectivity index (χ0v) is 37.5. The molecule has 8 bridgehead atoms. The van der Waals surface area contributed by atoms with Crippen molar-refractivity contribution in [2.24, 2.45) is 67.0 Å².